The number of fused-ring (bicyclic) bond motifs is 1. The van der Waals surface area contributed by atoms with E-state index in [2.05, 4.69) is 15.5 Å². The van der Waals surface area contributed by atoms with Gasteiger partial charge in [-0.15, -0.1) is 0 Å². The SMILES string of the molecule is CCc1noc2ncc(C(=O)N3CCNCC3c3cccc(F)c3)cc12. The van der Waals surface area contributed by atoms with Crippen LogP contribution in [0.2, 0.25) is 0 Å². The maximum Gasteiger partial charge on any atom is 0.257 e. The molecule has 1 N–H and O–H groups in total. The monoisotopic (exact) mass is 354 g/mol. The van der Waals surface area contributed by atoms with Gasteiger partial charge in [0.05, 0.1) is 22.7 Å². The van der Waals surface area contributed by atoms with Crippen LogP contribution in [-0.2, 0) is 6.42 Å². The highest BCUT2D eigenvalue weighted by molar-refractivity contribution is 5.97. The van der Waals surface area contributed by atoms with Crippen molar-refractivity contribution in [1.82, 2.24) is 20.4 Å². The molecule has 0 radical (unpaired) electrons. The van der Waals surface area contributed by atoms with E-state index in [9.17, 15) is 9.18 Å². The second-order valence-electron chi connectivity index (χ2n) is 6.33. The van der Waals surface area contributed by atoms with Crippen LogP contribution in [0.15, 0.2) is 41.1 Å². The Bertz CT molecular complexity index is 956. The number of pyridine rings is 1. The van der Waals surface area contributed by atoms with Crippen molar-refractivity contribution in [3.8, 4) is 0 Å². The molecular weight excluding hydrogens is 335 g/mol. The van der Waals surface area contributed by atoms with Gasteiger partial charge in [0, 0.05) is 25.8 Å². The van der Waals surface area contributed by atoms with E-state index < -0.39 is 0 Å². The van der Waals surface area contributed by atoms with Gasteiger partial charge in [-0.25, -0.2) is 9.37 Å². The summed E-state index contributed by atoms with van der Waals surface area (Å²) in [5.74, 6) is -0.431. The lowest BCUT2D eigenvalue weighted by Gasteiger charge is -2.36. The Kier molecular flexibility index (Phi) is 4.38. The molecule has 0 bridgehead atoms. The second-order valence-corrected chi connectivity index (χ2v) is 6.33. The third-order valence-electron chi connectivity index (χ3n) is 4.72. The lowest BCUT2D eigenvalue weighted by Crippen LogP contribution is -2.48. The van der Waals surface area contributed by atoms with Gasteiger partial charge in [0.2, 0.25) is 0 Å². The fourth-order valence-electron chi connectivity index (χ4n) is 3.38. The molecule has 134 valence electrons. The standard InChI is InChI=1S/C19H19FN4O2/c1-2-16-15-9-13(10-22-18(15)26-23-16)19(25)24-7-6-21-11-17(24)12-4-3-5-14(20)8-12/h3-5,8-10,17,21H,2,6-7,11H2,1H3. The third kappa shape index (κ3) is 2.94. The molecule has 1 unspecified atom stereocenters. The Morgan fingerprint density at radius 3 is 3.12 bits per heavy atom. The number of carbonyl (C=O) groups excluding carboxylic acids is 1. The smallest absolute Gasteiger partial charge is 0.257 e. The van der Waals surface area contributed by atoms with Gasteiger partial charge < -0.3 is 14.7 Å². The molecule has 0 spiro atoms. The van der Waals surface area contributed by atoms with E-state index in [1.54, 1.807) is 17.0 Å². The van der Waals surface area contributed by atoms with Crippen LogP contribution >= 0.6 is 0 Å². The second kappa shape index (κ2) is 6.84. The summed E-state index contributed by atoms with van der Waals surface area (Å²) in [5.41, 5.74) is 2.47. The summed E-state index contributed by atoms with van der Waals surface area (Å²) >= 11 is 0. The number of nitrogens with one attached hydrogen (secondary N) is 1. The van der Waals surface area contributed by atoms with E-state index >= 15 is 0 Å². The summed E-state index contributed by atoms with van der Waals surface area (Å²) < 4.78 is 18.8. The molecule has 3 heterocycles. The Hall–Kier alpha value is -2.80. The van der Waals surface area contributed by atoms with E-state index in [0.29, 0.717) is 37.3 Å². The zero-order chi connectivity index (χ0) is 18.1. The maximum atomic E-state index is 13.6. The number of hydrogen-bond donors (Lipinski definition) is 1. The highest BCUT2D eigenvalue weighted by Crippen LogP contribution is 2.26. The van der Waals surface area contributed by atoms with Gasteiger partial charge in [-0.1, -0.05) is 24.2 Å². The predicted molar refractivity (Wildman–Crippen MR) is 94.2 cm³/mol. The van der Waals surface area contributed by atoms with Gasteiger partial charge in [-0.05, 0) is 30.2 Å². The predicted octanol–water partition coefficient (Wildman–Crippen LogP) is 2.71. The molecule has 1 fully saturated rings. The normalized spacial score (nSPS) is 17.6. The number of piperazine rings is 1. The number of rotatable bonds is 3. The molecule has 1 atom stereocenters. The van der Waals surface area contributed by atoms with Crippen molar-refractivity contribution in [1.29, 1.82) is 0 Å². The molecule has 3 aromatic rings. The fraction of sp³-hybridized carbons (Fsp3) is 0.316. The molecule has 1 saturated heterocycles. The van der Waals surface area contributed by atoms with Crippen molar-refractivity contribution in [3.63, 3.8) is 0 Å². The van der Waals surface area contributed by atoms with Gasteiger partial charge in [-0.2, -0.15) is 0 Å². The van der Waals surface area contributed by atoms with E-state index in [-0.39, 0.29) is 17.8 Å². The van der Waals surface area contributed by atoms with Crippen LogP contribution < -0.4 is 5.32 Å². The molecule has 0 saturated carbocycles. The first kappa shape index (κ1) is 16.7. The minimum absolute atomic E-state index is 0.126. The number of carbonyl (C=O) groups is 1. The molecule has 1 amide bonds. The van der Waals surface area contributed by atoms with E-state index in [1.807, 2.05) is 13.0 Å². The van der Waals surface area contributed by atoms with Crippen LogP contribution in [0.25, 0.3) is 11.1 Å². The van der Waals surface area contributed by atoms with Crippen molar-refractivity contribution in [3.05, 3.63) is 59.2 Å². The third-order valence-corrected chi connectivity index (χ3v) is 4.72. The van der Waals surface area contributed by atoms with Gasteiger partial charge >= 0.3 is 0 Å². The number of hydrogen-bond acceptors (Lipinski definition) is 5. The van der Waals surface area contributed by atoms with Crippen molar-refractivity contribution < 1.29 is 13.7 Å². The van der Waals surface area contributed by atoms with Gasteiger partial charge in [0.15, 0.2) is 0 Å². The van der Waals surface area contributed by atoms with E-state index in [0.717, 1.165) is 16.6 Å². The topological polar surface area (TPSA) is 71.3 Å². The van der Waals surface area contributed by atoms with Crippen molar-refractivity contribution in [2.24, 2.45) is 0 Å². The minimum atomic E-state index is -0.305. The Labute approximate surface area is 150 Å². The van der Waals surface area contributed by atoms with Crippen LogP contribution in [0, 0.1) is 5.82 Å². The van der Waals surface area contributed by atoms with Crippen LogP contribution in [0.1, 0.15) is 34.6 Å². The largest absolute Gasteiger partial charge is 0.336 e. The Morgan fingerprint density at radius 1 is 1.42 bits per heavy atom. The lowest BCUT2D eigenvalue weighted by atomic mass is 10.0. The highest BCUT2D eigenvalue weighted by atomic mass is 19.1. The summed E-state index contributed by atoms with van der Waals surface area (Å²) in [7, 11) is 0. The fourth-order valence-corrected chi connectivity index (χ4v) is 3.38. The molecule has 6 nitrogen and oxygen atoms in total. The van der Waals surface area contributed by atoms with Crippen LogP contribution in [0.3, 0.4) is 0 Å². The number of nitrogens with zero attached hydrogens (tertiary/aromatic N) is 3. The number of benzene rings is 1. The van der Waals surface area contributed by atoms with E-state index in [1.165, 1.54) is 18.3 Å². The van der Waals surface area contributed by atoms with Gasteiger partial charge in [0.25, 0.3) is 11.6 Å². The number of amides is 1. The number of halogens is 1. The first-order valence-electron chi connectivity index (χ1n) is 8.69. The average Bonchev–Trinajstić information content (AvgIpc) is 3.09. The van der Waals surface area contributed by atoms with Gasteiger partial charge in [0.1, 0.15) is 5.82 Å². The first-order chi connectivity index (χ1) is 12.7. The Balaban J connectivity index is 1.69. The van der Waals surface area contributed by atoms with Crippen LogP contribution in [0.4, 0.5) is 4.39 Å². The minimum Gasteiger partial charge on any atom is -0.336 e. The summed E-state index contributed by atoms with van der Waals surface area (Å²) in [5, 5.41) is 8.02. The van der Waals surface area contributed by atoms with Crippen LogP contribution in [0.5, 0.6) is 0 Å². The molecule has 1 aromatic carbocycles. The zero-order valence-electron chi connectivity index (χ0n) is 14.4. The lowest BCUT2D eigenvalue weighted by molar-refractivity contribution is 0.0633. The molecule has 1 aliphatic rings. The average molecular weight is 354 g/mol. The summed E-state index contributed by atoms with van der Waals surface area (Å²) in [4.78, 5) is 19.1. The van der Waals surface area contributed by atoms with E-state index in [4.69, 9.17) is 4.52 Å². The van der Waals surface area contributed by atoms with Crippen molar-refractivity contribution >= 4 is 17.0 Å². The maximum absolute atomic E-state index is 13.6. The summed E-state index contributed by atoms with van der Waals surface area (Å²) in [6.07, 6.45) is 2.21. The quantitative estimate of drug-likeness (QED) is 0.783. The van der Waals surface area contributed by atoms with Crippen LogP contribution in [-0.4, -0.2) is 40.6 Å². The molecule has 26 heavy (non-hydrogen) atoms. The summed E-state index contributed by atoms with van der Waals surface area (Å²) in [6.45, 7) is 3.80. The molecule has 4 rings (SSSR count). The summed E-state index contributed by atoms with van der Waals surface area (Å²) in [6, 6.07) is 7.95. The van der Waals surface area contributed by atoms with Crippen molar-refractivity contribution in [2.45, 2.75) is 19.4 Å². The zero-order valence-corrected chi connectivity index (χ0v) is 14.4. The molecule has 0 aliphatic carbocycles. The molecule has 1 aliphatic heterocycles. The van der Waals surface area contributed by atoms with Gasteiger partial charge in [-0.3, -0.25) is 4.79 Å². The highest BCUT2D eigenvalue weighted by Gasteiger charge is 2.29. The molecular formula is C19H19FN4O2. The molecule has 2 aromatic heterocycles. The number of aryl methyl sites for hydroxylation is 1. The molecule has 7 heteroatoms. The van der Waals surface area contributed by atoms with Crippen molar-refractivity contribution in [2.75, 3.05) is 19.6 Å². The number of aromatic nitrogens is 2. The Morgan fingerprint density at radius 2 is 2.31 bits per heavy atom. The first-order valence-corrected chi connectivity index (χ1v) is 8.69.